The van der Waals surface area contributed by atoms with Crippen LogP contribution in [0.3, 0.4) is 0 Å². The summed E-state index contributed by atoms with van der Waals surface area (Å²) in [7, 11) is 0.0779. The van der Waals surface area contributed by atoms with Gasteiger partial charge in [0.1, 0.15) is 0 Å². The summed E-state index contributed by atoms with van der Waals surface area (Å²) in [5.74, 6) is 0. The standard InChI is InChI=1S/C7H6NS/c1-3-7-4-2-6-9(7)8-5-1/h1-6H. The minimum Gasteiger partial charge on any atom is -0.227 e. The lowest BCUT2D eigenvalue weighted by molar-refractivity contribution is 1.38. The van der Waals surface area contributed by atoms with E-state index in [4.69, 9.17) is 0 Å². The Hall–Kier alpha value is -0.760. The van der Waals surface area contributed by atoms with Crippen LogP contribution < -0.4 is 4.72 Å². The van der Waals surface area contributed by atoms with Crippen molar-refractivity contribution in [3.63, 3.8) is 0 Å². The van der Waals surface area contributed by atoms with E-state index in [0.717, 1.165) is 0 Å². The zero-order valence-corrected chi connectivity index (χ0v) is 5.64. The topological polar surface area (TPSA) is 14.1 Å². The van der Waals surface area contributed by atoms with Crippen molar-refractivity contribution in [1.29, 1.82) is 0 Å². The fourth-order valence-corrected chi connectivity index (χ4v) is 2.03. The Morgan fingerprint density at radius 2 is 2.33 bits per heavy atom. The smallest absolute Gasteiger partial charge is 0.0349 e. The van der Waals surface area contributed by atoms with Crippen LogP contribution in [0.4, 0.5) is 0 Å². The Labute approximate surface area is 56.8 Å². The summed E-state index contributed by atoms with van der Waals surface area (Å²) in [6, 6.07) is 0. The van der Waals surface area contributed by atoms with Gasteiger partial charge in [0.15, 0.2) is 0 Å². The molecule has 0 saturated carbocycles. The maximum Gasteiger partial charge on any atom is 0.0349 e. The lowest BCUT2D eigenvalue weighted by Gasteiger charge is -2.04. The van der Waals surface area contributed by atoms with Gasteiger partial charge in [-0.3, -0.25) is 0 Å². The number of fused-ring (bicyclic) bond motifs is 1. The van der Waals surface area contributed by atoms with Crippen LogP contribution in [0.25, 0.3) is 0 Å². The molecule has 0 aromatic heterocycles. The zero-order chi connectivity index (χ0) is 6.10. The van der Waals surface area contributed by atoms with E-state index in [-0.39, 0.29) is 10.7 Å². The summed E-state index contributed by atoms with van der Waals surface area (Å²) in [4.78, 5) is 1.33. The number of hydrogen-bond donors (Lipinski definition) is 0. The third kappa shape index (κ3) is 0.754. The van der Waals surface area contributed by atoms with E-state index in [9.17, 15) is 0 Å². The van der Waals surface area contributed by atoms with Gasteiger partial charge in [0, 0.05) is 11.1 Å². The highest BCUT2D eigenvalue weighted by atomic mass is 32.2. The van der Waals surface area contributed by atoms with Gasteiger partial charge in [-0.25, -0.2) is 4.72 Å². The van der Waals surface area contributed by atoms with E-state index in [0.29, 0.717) is 0 Å². The van der Waals surface area contributed by atoms with E-state index in [1.807, 2.05) is 12.3 Å². The second-order valence-corrected chi connectivity index (χ2v) is 3.41. The van der Waals surface area contributed by atoms with E-state index >= 15 is 0 Å². The normalized spacial score (nSPS) is 28.4. The summed E-state index contributed by atoms with van der Waals surface area (Å²) in [6.07, 6.45) is 10.1. The van der Waals surface area contributed by atoms with Crippen LogP contribution in [0.1, 0.15) is 0 Å². The minimum atomic E-state index is 0.0779. The van der Waals surface area contributed by atoms with Crippen molar-refractivity contribution in [3.05, 3.63) is 35.4 Å². The van der Waals surface area contributed by atoms with Crippen LogP contribution in [0.15, 0.2) is 35.4 Å². The molecule has 0 aromatic carbocycles. The maximum absolute atomic E-state index is 4.25. The summed E-state index contributed by atoms with van der Waals surface area (Å²) >= 11 is 0. The predicted octanol–water partition coefficient (Wildman–Crippen LogP) is 1.56. The molecule has 1 nitrogen and oxygen atoms in total. The van der Waals surface area contributed by atoms with Crippen LogP contribution in [0, 0.1) is 0 Å². The van der Waals surface area contributed by atoms with Gasteiger partial charge in [0.25, 0.3) is 0 Å². The van der Waals surface area contributed by atoms with Crippen LogP contribution in [-0.4, -0.2) is 5.37 Å². The summed E-state index contributed by atoms with van der Waals surface area (Å²) in [5, 5.41) is 2.12. The molecule has 1 radical (unpaired) electrons. The monoisotopic (exact) mass is 136 g/mol. The Balaban J connectivity index is 2.46. The molecule has 1 unspecified atom stereocenters. The first-order valence-corrected chi connectivity index (χ1v) is 4.04. The number of rotatable bonds is 0. The molecule has 45 valence electrons. The Bertz CT molecular complexity index is 246. The zero-order valence-electron chi connectivity index (χ0n) is 4.82. The Kier molecular flexibility index (Phi) is 1.06. The van der Waals surface area contributed by atoms with E-state index in [1.165, 1.54) is 4.91 Å². The molecule has 9 heavy (non-hydrogen) atoms. The van der Waals surface area contributed by atoms with Crippen molar-refractivity contribution in [2.45, 2.75) is 0 Å². The average Bonchev–Trinajstić information content (AvgIpc) is 2.33. The third-order valence-corrected chi connectivity index (χ3v) is 2.75. The number of allylic oxidation sites excluding steroid dienone is 4. The molecule has 2 rings (SSSR count). The van der Waals surface area contributed by atoms with Crippen molar-refractivity contribution < 1.29 is 0 Å². The molecular weight excluding hydrogens is 130 g/mol. The van der Waals surface area contributed by atoms with Crippen LogP contribution >= 0.6 is 10.7 Å². The summed E-state index contributed by atoms with van der Waals surface area (Å²) < 4.78 is 4.25. The highest BCUT2D eigenvalue weighted by Gasteiger charge is 2.04. The third-order valence-electron chi connectivity index (χ3n) is 1.23. The molecule has 0 saturated heterocycles. The highest BCUT2D eigenvalue weighted by Crippen LogP contribution is 2.29. The quantitative estimate of drug-likeness (QED) is 0.449. The van der Waals surface area contributed by atoms with E-state index in [2.05, 4.69) is 28.3 Å². The van der Waals surface area contributed by atoms with Crippen LogP contribution in [0.2, 0.25) is 0 Å². The van der Waals surface area contributed by atoms with Gasteiger partial charge < -0.3 is 0 Å². The van der Waals surface area contributed by atoms with Gasteiger partial charge in [-0.2, -0.15) is 0 Å². The molecule has 0 spiro atoms. The molecule has 0 fully saturated rings. The molecule has 2 heteroatoms. The number of nitrogens with zero attached hydrogens (tertiary/aromatic N) is 1. The molecule has 0 aliphatic carbocycles. The van der Waals surface area contributed by atoms with Crippen molar-refractivity contribution in [2.75, 3.05) is 0 Å². The van der Waals surface area contributed by atoms with Gasteiger partial charge in [-0.05, 0) is 34.3 Å². The van der Waals surface area contributed by atoms with Crippen molar-refractivity contribution in [3.8, 4) is 0 Å². The average molecular weight is 136 g/mol. The summed E-state index contributed by atoms with van der Waals surface area (Å²) in [6.45, 7) is 0. The van der Waals surface area contributed by atoms with E-state index < -0.39 is 0 Å². The predicted molar refractivity (Wildman–Crippen MR) is 42.2 cm³/mol. The fourth-order valence-electron chi connectivity index (χ4n) is 0.817. The molecule has 1 atom stereocenters. The second kappa shape index (κ2) is 1.88. The van der Waals surface area contributed by atoms with Gasteiger partial charge >= 0.3 is 0 Å². The number of hydrogen-bond acceptors (Lipinski definition) is 0. The van der Waals surface area contributed by atoms with Crippen molar-refractivity contribution in [2.24, 2.45) is 0 Å². The highest BCUT2D eigenvalue weighted by molar-refractivity contribution is 8.17. The first-order chi connectivity index (χ1) is 4.47. The Morgan fingerprint density at radius 3 is 3.22 bits per heavy atom. The molecule has 0 amide bonds. The van der Waals surface area contributed by atoms with Gasteiger partial charge in [0.2, 0.25) is 0 Å². The minimum absolute atomic E-state index is 0.0779. The first kappa shape index (κ1) is 5.06. The lowest BCUT2D eigenvalue weighted by Crippen LogP contribution is -1.89. The molecule has 2 heterocycles. The molecule has 0 N–H and O–H groups in total. The molecule has 2 aliphatic heterocycles. The Morgan fingerprint density at radius 1 is 1.33 bits per heavy atom. The van der Waals surface area contributed by atoms with Gasteiger partial charge in [-0.15, -0.1) is 0 Å². The SMILES string of the molecule is C1=C[N]S2=CC=CC2=C1. The largest absolute Gasteiger partial charge is 0.227 e. The first-order valence-electron chi connectivity index (χ1n) is 2.79. The molecule has 0 bridgehead atoms. The fraction of sp³-hybridized carbons (Fsp3) is 0. The van der Waals surface area contributed by atoms with Crippen LogP contribution in [-0.2, 0) is 0 Å². The summed E-state index contributed by atoms with van der Waals surface area (Å²) in [5.41, 5.74) is 0. The van der Waals surface area contributed by atoms with E-state index in [1.54, 1.807) is 0 Å². The molecule has 2 aliphatic rings. The maximum atomic E-state index is 4.25. The van der Waals surface area contributed by atoms with Crippen molar-refractivity contribution >= 4 is 16.0 Å². The second-order valence-electron chi connectivity index (χ2n) is 1.83. The van der Waals surface area contributed by atoms with Gasteiger partial charge in [-0.1, -0.05) is 6.08 Å². The van der Waals surface area contributed by atoms with Crippen LogP contribution in [0.5, 0.6) is 0 Å². The molecule has 0 aromatic rings. The van der Waals surface area contributed by atoms with Crippen molar-refractivity contribution in [1.82, 2.24) is 4.72 Å². The van der Waals surface area contributed by atoms with Gasteiger partial charge in [0.05, 0.1) is 0 Å². The molecular formula is C7H6NS. The lowest BCUT2D eigenvalue weighted by atomic mass is 10.4.